The first kappa shape index (κ1) is 13.6. The number of benzene rings is 2. The summed E-state index contributed by atoms with van der Waals surface area (Å²) in [5.74, 6) is -0.155. The largest absolute Gasteiger partial charge is 0.326 e. The molecule has 1 fully saturated rings. The van der Waals surface area contributed by atoms with Gasteiger partial charge >= 0.3 is 0 Å². The Labute approximate surface area is 123 Å². The third kappa shape index (κ3) is 2.24. The fraction of sp³-hybridized carbons (Fsp3) is 0.200. The number of sulfone groups is 1. The predicted octanol–water partition coefficient (Wildman–Crippen LogP) is 2.61. The van der Waals surface area contributed by atoms with E-state index >= 15 is 0 Å². The molecule has 2 aromatic carbocycles. The van der Waals surface area contributed by atoms with E-state index in [-0.39, 0.29) is 12.0 Å². The average Bonchev–Trinajstić information content (AvgIpc) is 3.13. The summed E-state index contributed by atoms with van der Waals surface area (Å²) in [5.41, 5.74) is 6.91. The first-order chi connectivity index (χ1) is 9.51. The Morgan fingerprint density at radius 3 is 2.15 bits per heavy atom. The fourth-order valence-corrected chi connectivity index (χ4v) is 4.76. The molecule has 104 valence electrons. The van der Waals surface area contributed by atoms with Gasteiger partial charge in [-0.25, -0.2) is 8.42 Å². The van der Waals surface area contributed by atoms with Crippen molar-refractivity contribution >= 4 is 21.4 Å². The molecule has 3 rings (SSSR count). The second-order valence-electron chi connectivity index (χ2n) is 4.98. The van der Waals surface area contributed by atoms with Crippen molar-refractivity contribution in [2.24, 2.45) is 5.73 Å². The molecule has 0 radical (unpaired) electrons. The van der Waals surface area contributed by atoms with Gasteiger partial charge in [0.15, 0.2) is 9.84 Å². The minimum Gasteiger partial charge on any atom is -0.326 e. The van der Waals surface area contributed by atoms with Gasteiger partial charge in [-0.15, -0.1) is 0 Å². The Bertz CT molecular complexity index is 713. The van der Waals surface area contributed by atoms with Gasteiger partial charge in [-0.05, 0) is 29.8 Å². The van der Waals surface area contributed by atoms with Crippen LogP contribution in [0.2, 0.25) is 5.02 Å². The molecule has 2 aromatic rings. The smallest absolute Gasteiger partial charge is 0.183 e. The summed E-state index contributed by atoms with van der Waals surface area (Å²) in [6, 6.07) is 15.3. The van der Waals surface area contributed by atoms with Crippen LogP contribution in [0.3, 0.4) is 0 Å². The van der Waals surface area contributed by atoms with Gasteiger partial charge in [0.1, 0.15) is 0 Å². The van der Waals surface area contributed by atoms with Crippen molar-refractivity contribution in [3.8, 4) is 0 Å². The zero-order chi connectivity index (χ0) is 14.3. The zero-order valence-corrected chi connectivity index (χ0v) is 12.2. The lowest BCUT2D eigenvalue weighted by molar-refractivity contribution is 0.593. The van der Waals surface area contributed by atoms with Gasteiger partial charge in [-0.1, -0.05) is 41.9 Å². The summed E-state index contributed by atoms with van der Waals surface area (Å²) >= 11 is 5.85. The summed E-state index contributed by atoms with van der Waals surface area (Å²) in [6.07, 6.45) is 0. The maximum atomic E-state index is 12.5. The van der Waals surface area contributed by atoms with Crippen LogP contribution in [-0.4, -0.2) is 19.7 Å². The van der Waals surface area contributed by atoms with Crippen LogP contribution in [0.4, 0.5) is 0 Å². The topological polar surface area (TPSA) is 60.2 Å². The lowest BCUT2D eigenvalue weighted by atomic mass is 10.1. The van der Waals surface area contributed by atoms with E-state index in [1.54, 1.807) is 42.5 Å². The van der Waals surface area contributed by atoms with E-state index in [9.17, 15) is 8.42 Å². The lowest BCUT2D eigenvalue weighted by Gasteiger charge is -2.03. The molecule has 1 saturated carbocycles. The summed E-state index contributed by atoms with van der Waals surface area (Å²) in [7, 11) is -3.38. The summed E-state index contributed by atoms with van der Waals surface area (Å²) < 4.78 is 25.1. The molecule has 1 aliphatic carbocycles. The van der Waals surface area contributed by atoms with Gasteiger partial charge in [0.2, 0.25) is 0 Å². The highest BCUT2D eigenvalue weighted by Crippen LogP contribution is 2.47. The monoisotopic (exact) mass is 307 g/mol. The predicted molar refractivity (Wildman–Crippen MR) is 79.6 cm³/mol. The van der Waals surface area contributed by atoms with Crippen LogP contribution in [0.1, 0.15) is 11.5 Å². The highest BCUT2D eigenvalue weighted by Gasteiger charge is 2.56. The van der Waals surface area contributed by atoms with Crippen molar-refractivity contribution in [3.05, 3.63) is 65.2 Å². The highest BCUT2D eigenvalue weighted by molar-refractivity contribution is 7.92. The molecule has 3 nitrogen and oxygen atoms in total. The van der Waals surface area contributed by atoms with E-state index < -0.39 is 15.1 Å². The third-order valence-corrected chi connectivity index (χ3v) is 6.20. The van der Waals surface area contributed by atoms with Crippen LogP contribution in [0.25, 0.3) is 0 Å². The SMILES string of the molecule is N[C@@H]1[C@@H](c2ccc(Cl)cc2)[C@@H]1S(=O)(=O)c1ccccc1. The quantitative estimate of drug-likeness (QED) is 0.948. The number of nitrogens with two attached hydrogens (primary N) is 1. The Kier molecular flexibility index (Phi) is 3.32. The summed E-state index contributed by atoms with van der Waals surface area (Å²) in [6.45, 7) is 0. The maximum Gasteiger partial charge on any atom is 0.183 e. The Morgan fingerprint density at radius 1 is 0.950 bits per heavy atom. The van der Waals surface area contributed by atoms with Crippen molar-refractivity contribution in [3.63, 3.8) is 0 Å². The molecule has 0 spiro atoms. The number of halogens is 1. The van der Waals surface area contributed by atoms with Crippen molar-refractivity contribution in [1.29, 1.82) is 0 Å². The molecule has 0 unspecified atom stereocenters. The van der Waals surface area contributed by atoms with Crippen LogP contribution in [-0.2, 0) is 9.84 Å². The van der Waals surface area contributed by atoms with Gasteiger partial charge in [0.05, 0.1) is 10.1 Å². The Hall–Kier alpha value is -1.36. The Morgan fingerprint density at radius 2 is 1.55 bits per heavy atom. The molecule has 1 aliphatic rings. The molecule has 0 saturated heterocycles. The van der Waals surface area contributed by atoms with E-state index in [0.29, 0.717) is 9.92 Å². The van der Waals surface area contributed by atoms with Crippen molar-refractivity contribution in [2.75, 3.05) is 0 Å². The molecule has 0 aromatic heterocycles. The van der Waals surface area contributed by atoms with Crippen LogP contribution in [0.15, 0.2) is 59.5 Å². The molecular weight excluding hydrogens is 294 g/mol. The van der Waals surface area contributed by atoms with Gasteiger partial charge < -0.3 is 5.73 Å². The molecule has 0 bridgehead atoms. The lowest BCUT2D eigenvalue weighted by Crippen LogP contribution is -2.15. The molecule has 2 N–H and O–H groups in total. The van der Waals surface area contributed by atoms with E-state index in [2.05, 4.69) is 0 Å². The molecule has 3 atom stereocenters. The standard InChI is InChI=1S/C15H14ClNO2S/c16-11-8-6-10(7-9-11)13-14(17)15(13)20(18,19)12-4-2-1-3-5-12/h1-9,13-15H,17H2/t13-,14-,15+/m1/s1. The Balaban J connectivity index is 1.91. The number of rotatable bonds is 3. The molecule has 0 heterocycles. The van der Waals surface area contributed by atoms with E-state index in [0.717, 1.165) is 5.56 Å². The zero-order valence-electron chi connectivity index (χ0n) is 10.6. The van der Waals surface area contributed by atoms with Gasteiger partial charge in [0, 0.05) is 17.0 Å². The highest BCUT2D eigenvalue weighted by atomic mass is 35.5. The first-order valence-electron chi connectivity index (χ1n) is 6.32. The van der Waals surface area contributed by atoms with Gasteiger partial charge in [-0.2, -0.15) is 0 Å². The minimum atomic E-state index is -3.38. The van der Waals surface area contributed by atoms with E-state index in [1.165, 1.54) is 0 Å². The second kappa shape index (κ2) is 4.88. The van der Waals surface area contributed by atoms with Crippen molar-refractivity contribution in [1.82, 2.24) is 0 Å². The molecule has 5 heteroatoms. The molecule has 0 aliphatic heterocycles. The van der Waals surface area contributed by atoms with Crippen LogP contribution < -0.4 is 5.73 Å². The van der Waals surface area contributed by atoms with Gasteiger partial charge in [-0.3, -0.25) is 0 Å². The van der Waals surface area contributed by atoms with Crippen LogP contribution in [0.5, 0.6) is 0 Å². The van der Waals surface area contributed by atoms with Crippen molar-refractivity contribution < 1.29 is 8.42 Å². The second-order valence-corrected chi connectivity index (χ2v) is 7.52. The van der Waals surface area contributed by atoms with E-state index in [1.807, 2.05) is 12.1 Å². The number of hydrogen-bond acceptors (Lipinski definition) is 3. The molecule has 0 amide bonds. The number of hydrogen-bond donors (Lipinski definition) is 1. The van der Waals surface area contributed by atoms with Crippen molar-refractivity contribution in [2.45, 2.75) is 22.1 Å². The average molecular weight is 308 g/mol. The third-order valence-electron chi connectivity index (χ3n) is 3.69. The molecular formula is C15H14ClNO2S. The molecule has 20 heavy (non-hydrogen) atoms. The van der Waals surface area contributed by atoms with Crippen LogP contribution >= 0.6 is 11.6 Å². The summed E-state index contributed by atoms with van der Waals surface area (Å²) in [5, 5.41) is 0.0801. The first-order valence-corrected chi connectivity index (χ1v) is 8.24. The maximum absolute atomic E-state index is 12.5. The fourth-order valence-electron chi connectivity index (χ4n) is 2.57. The van der Waals surface area contributed by atoms with E-state index in [4.69, 9.17) is 17.3 Å². The normalized spacial score (nSPS) is 25.4. The van der Waals surface area contributed by atoms with Gasteiger partial charge in [0.25, 0.3) is 0 Å². The van der Waals surface area contributed by atoms with Crippen LogP contribution in [0, 0.1) is 0 Å². The minimum absolute atomic E-state index is 0.155. The summed E-state index contributed by atoms with van der Waals surface area (Å²) in [4.78, 5) is 0.330.